The molecule has 2 rings (SSSR count). The van der Waals surface area contributed by atoms with Crippen molar-refractivity contribution in [3.05, 3.63) is 45.0 Å². The molecular formula is C18H23Cl2N. The predicted octanol–water partition coefficient (Wildman–Crippen LogP) is 6.14. The maximum absolute atomic E-state index is 6.71. The molecule has 1 aliphatic carbocycles. The van der Waals surface area contributed by atoms with Crippen molar-refractivity contribution in [1.82, 2.24) is 0 Å². The molecule has 0 heterocycles. The molecule has 0 amide bonds. The van der Waals surface area contributed by atoms with Crippen molar-refractivity contribution in [1.29, 1.82) is 0 Å². The first kappa shape index (κ1) is 16.5. The highest BCUT2D eigenvalue weighted by Gasteiger charge is 2.20. The van der Waals surface area contributed by atoms with Crippen molar-refractivity contribution in [2.75, 3.05) is 19.0 Å². The van der Waals surface area contributed by atoms with Crippen molar-refractivity contribution in [2.45, 2.75) is 39.5 Å². The molecule has 0 atom stereocenters. The molecule has 0 fully saturated rings. The zero-order valence-corrected chi connectivity index (χ0v) is 14.8. The Balaban J connectivity index is 2.61. The minimum absolute atomic E-state index is 0.729. The van der Waals surface area contributed by atoms with Crippen molar-refractivity contribution in [3.8, 4) is 0 Å². The number of halogens is 2. The first-order chi connectivity index (χ1) is 9.97. The van der Waals surface area contributed by atoms with Gasteiger partial charge < -0.3 is 4.90 Å². The highest BCUT2D eigenvalue weighted by Crippen LogP contribution is 2.42. The highest BCUT2D eigenvalue weighted by atomic mass is 35.5. The SMILES string of the molecule is CCCCc1c(C2=C(C)C=CC2)cc(Cl)c(N(C)C)c1Cl. The molecule has 0 aromatic heterocycles. The highest BCUT2D eigenvalue weighted by molar-refractivity contribution is 6.40. The van der Waals surface area contributed by atoms with Crippen LogP contribution in [-0.4, -0.2) is 14.1 Å². The number of allylic oxidation sites excluding steroid dienone is 4. The van der Waals surface area contributed by atoms with Gasteiger partial charge in [0.1, 0.15) is 0 Å². The van der Waals surface area contributed by atoms with Gasteiger partial charge in [0.2, 0.25) is 0 Å². The number of rotatable bonds is 5. The molecule has 21 heavy (non-hydrogen) atoms. The van der Waals surface area contributed by atoms with Crippen LogP contribution in [0.25, 0.3) is 5.57 Å². The molecular weight excluding hydrogens is 301 g/mol. The lowest BCUT2D eigenvalue weighted by atomic mass is 9.93. The molecule has 0 unspecified atom stereocenters. The Bertz CT molecular complexity index is 598. The van der Waals surface area contributed by atoms with Crippen LogP contribution in [-0.2, 0) is 6.42 Å². The third kappa shape index (κ3) is 3.30. The molecule has 0 spiro atoms. The molecule has 1 aromatic carbocycles. The molecule has 0 radical (unpaired) electrons. The summed E-state index contributed by atoms with van der Waals surface area (Å²) in [5, 5.41) is 1.54. The van der Waals surface area contributed by atoms with Crippen molar-refractivity contribution < 1.29 is 0 Å². The lowest BCUT2D eigenvalue weighted by Crippen LogP contribution is -2.12. The van der Waals surface area contributed by atoms with E-state index < -0.39 is 0 Å². The standard InChI is InChI=1S/C18H23Cl2N/c1-5-6-9-14-15(13-10-7-8-12(13)2)11-16(19)18(17(14)20)21(3)4/h7-8,11H,5-6,9-10H2,1-4H3. The normalized spacial score (nSPS) is 14.2. The number of benzene rings is 1. The number of nitrogens with zero attached hydrogens (tertiary/aromatic N) is 1. The summed E-state index contributed by atoms with van der Waals surface area (Å²) in [6.45, 7) is 4.36. The van der Waals surface area contributed by atoms with Gasteiger partial charge in [-0.15, -0.1) is 0 Å². The van der Waals surface area contributed by atoms with E-state index in [1.54, 1.807) is 0 Å². The molecule has 0 aliphatic heterocycles. The Kier molecular flexibility index (Phi) is 5.40. The number of unbranched alkanes of at least 4 members (excludes halogenated alkanes) is 1. The van der Waals surface area contributed by atoms with E-state index in [0.717, 1.165) is 41.4 Å². The van der Waals surface area contributed by atoms with Gasteiger partial charge in [-0.25, -0.2) is 0 Å². The van der Waals surface area contributed by atoms with Crippen LogP contribution in [0.3, 0.4) is 0 Å². The molecule has 114 valence electrons. The quantitative estimate of drug-likeness (QED) is 0.629. The minimum atomic E-state index is 0.729. The fourth-order valence-electron chi connectivity index (χ4n) is 2.86. The van der Waals surface area contributed by atoms with Gasteiger partial charge in [-0.1, -0.05) is 48.7 Å². The van der Waals surface area contributed by atoms with E-state index >= 15 is 0 Å². The van der Waals surface area contributed by atoms with Gasteiger partial charge in [-0.2, -0.15) is 0 Å². The van der Waals surface area contributed by atoms with Crippen LogP contribution >= 0.6 is 23.2 Å². The summed E-state index contributed by atoms with van der Waals surface area (Å²) in [5.41, 5.74) is 6.07. The summed E-state index contributed by atoms with van der Waals surface area (Å²) < 4.78 is 0. The first-order valence-electron chi connectivity index (χ1n) is 7.52. The molecule has 0 saturated carbocycles. The zero-order valence-electron chi connectivity index (χ0n) is 13.3. The maximum atomic E-state index is 6.71. The van der Waals surface area contributed by atoms with E-state index in [1.807, 2.05) is 19.0 Å². The van der Waals surface area contributed by atoms with E-state index in [2.05, 4.69) is 32.1 Å². The van der Waals surface area contributed by atoms with Crippen LogP contribution in [0.2, 0.25) is 10.0 Å². The smallest absolute Gasteiger partial charge is 0.0743 e. The van der Waals surface area contributed by atoms with Gasteiger partial charge in [-0.3, -0.25) is 0 Å². The summed E-state index contributed by atoms with van der Waals surface area (Å²) >= 11 is 13.2. The van der Waals surface area contributed by atoms with Crippen molar-refractivity contribution in [2.24, 2.45) is 0 Å². The summed E-state index contributed by atoms with van der Waals surface area (Å²) in [7, 11) is 3.97. The van der Waals surface area contributed by atoms with Gasteiger partial charge in [0.05, 0.1) is 15.7 Å². The van der Waals surface area contributed by atoms with Crippen LogP contribution in [0.1, 0.15) is 44.2 Å². The lowest BCUT2D eigenvalue weighted by molar-refractivity contribution is 0.793. The van der Waals surface area contributed by atoms with Gasteiger partial charge >= 0.3 is 0 Å². The monoisotopic (exact) mass is 323 g/mol. The molecule has 0 saturated heterocycles. The van der Waals surface area contributed by atoms with E-state index in [4.69, 9.17) is 23.2 Å². The van der Waals surface area contributed by atoms with Crippen molar-refractivity contribution in [3.63, 3.8) is 0 Å². The predicted molar refractivity (Wildman–Crippen MR) is 95.8 cm³/mol. The summed E-state index contributed by atoms with van der Waals surface area (Å²) in [4.78, 5) is 2.00. The average Bonchev–Trinajstić information content (AvgIpc) is 2.83. The van der Waals surface area contributed by atoms with E-state index in [-0.39, 0.29) is 0 Å². The Hall–Kier alpha value is -0.920. The Morgan fingerprint density at radius 3 is 2.48 bits per heavy atom. The topological polar surface area (TPSA) is 3.24 Å². The van der Waals surface area contributed by atoms with E-state index in [0.29, 0.717) is 0 Å². The zero-order chi connectivity index (χ0) is 15.6. The fourth-order valence-corrected chi connectivity index (χ4v) is 3.75. The van der Waals surface area contributed by atoms with Gasteiger partial charge in [-0.05, 0) is 54.5 Å². The Morgan fingerprint density at radius 2 is 1.95 bits per heavy atom. The van der Waals surface area contributed by atoms with Crippen LogP contribution in [0, 0.1) is 0 Å². The minimum Gasteiger partial charge on any atom is -0.375 e. The van der Waals surface area contributed by atoms with E-state index in [9.17, 15) is 0 Å². The van der Waals surface area contributed by atoms with Crippen LogP contribution < -0.4 is 4.90 Å². The van der Waals surface area contributed by atoms with Crippen LogP contribution in [0.15, 0.2) is 23.8 Å². The Morgan fingerprint density at radius 1 is 1.24 bits per heavy atom. The maximum Gasteiger partial charge on any atom is 0.0743 e. The molecule has 3 heteroatoms. The number of anilines is 1. The van der Waals surface area contributed by atoms with Gasteiger partial charge in [0, 0.05) is 14.1 Å². The molecule has 0 bridgehead atoms. The second-order valence-corrected chi connectivity index (χ2v) is 6.60. The lowest BCUT2D eigenvalue weighted by Gasteiger charge is -2.22. The largest absolute Gasteiger partial charge is 0.375 e. The van der Waals surface area contributed by atoms with Gasteiger partial charge in [0.25, 0.3) is 0 Å². The third-order valence-corrected chi connectivity index (χ3v) is 4.71. The average molecular weight is 324 g/mol. The Labute approximate surface area is 138 Å². The molecule has 1 aliphatic rings. The summed E-state index contributed by atoms with van der Waals surface area (Å²) in [5.74, 6) is 0. The second kappa shape index (κ2) is 6.89. The summed E-state index contributed by atoms with van der Waals surface area (Å²) in [6.07, 6.45) is 8.65. The molecule has 1 nitrogen and oxygen atoms in total. The van der Waals surface area contributed by atoms with Crippen LogP contribution in [0.4, 0.5) is 5.69 Å². The second-order valence-electron chi connectivity index (χ2n) is 5.81. The first-order valence-corrected chi connectivity index (χ1v) is 8.27. The van der Waals surface area contributed by atoms with Crippen LogP contribution in [0.5, 0.6) is 0 Å². The summed E-state index contributed by atoms with van der Waals surface area (Å²) in [6, 6.07) is 2.10. The molecule has 0 N–H and O–H groups in total. The molecule has 1 aromatic rings. The van der Waals surface area contributed by atoms with Gasteiger partial charge in [0.15, 0.2) is 0 Å². The number of hydrogen-bond donors (Lipinski definition) is 0. The fraction of sp³-hybridized carbons (Fsp3) is 0.444. The van der Waals surface area contributed by atoms with Crippen molar-refractivity contribution >= 4 is 34.5 Å². The number of hydrogen-bond acceptors (Lipinski definition) is 1. The van der Waals surface area contributed by atoms with E-state index in [1.165, 1.54) is 22.3 Å². The third-order valence-electron chi connectivity index (χ3n) is 4.01.